The van der Waals surface area contributed by atoms with Gasteiger partial charge in [-0.3, -0.25) is 0 Å². The minimum Gasteiger partial charge on any atom is -0.504 e. The first-order chi connectivity index (χ1) is 28.0. The smallest absolute Gasteiger partial charge is 0.160 e. The van der Waals surface area contributed by atoms with Crippen LogP contribution in [0.3, 0.4) is 0 Å². The van der Waals surface area contributed by atoms with Gasteiger partial charge < -0.3 is 78.0 Å². The lowest BCUT2D eigenvalue weighted by Crippen LogP contribution is -2.29. The molecule has 2 aliphatic rings. The molecule has 6 rings (SSSR count). The lowest BCUT2D eigenvalue weighted by Gasteiger charge is -2.26. The average Bonchev–Trinajstić information content (AvgIpc) is 3.86. The van der Waals surface area contributed by atoms with Crippen LogP contribution in [-0.2, 0) is 9.47 Å². The van der Waals surface area contributed by atoms with Gasteiger partial charge in [0.1, 0.15) is 46.7 Å². The van der Waals surface area contributed by atoms with Gasteiger partial charge in [-0.2, -0.15) is 0 Å². The number of aromatic hydroxyl groups is 2. The predicted octanol–water partition coefficient (Wildman–Crippen LogP) is 4.17. The van der Waals surface area contributed by atoms with Crippen LogP contribution < -0.4 is 37.9 Å². The van der Waals surface area contributed by atoms with E-state index in [9.17, 15) is 30.6 Å². The molecule has 4 aromatic rings. The quantitative estimate of drug-likeness (QED) is 0.0832. The zero-order valence-corrected chi connectivity index (χ0v) is 33.0. The Bertz CT molecular complexity index is 1830. The standard InChI is InChI=1S/C42H50O16/c1-49-29-11-21(7-9-27(29)45)39(47)35(17-43)57-23-13-31(51-3)37(32(14-23)52-4)41-25-19-56-42(26(25)20-55-41)38-33(53-5)15-24(16-34(38)54-6)58-36(18-44)40(48)22-8-10-28(46)30(12-22)50-2/h7-16,25-26,35-36,39-48H,17-20H2,1-6H3/t25-,26-,35+,36+,39-,40+,41-,42-/m1/s1. The summed E-state index contributed by atoms with van der Waals surface area (Å²) in [5, 5.41) is 62.6. The van der Waals surface area contributed by atoms with E-state index in [1.807, 2.05) is 0 Å². The molecular weight excluding hydrogens is 760 g/mol. The van der Waals surface area contributed by atoms with Crippen molar-refractivity contribution in [2.45, 2.75) is 36.6 Å². The van der Waals surface area contributed by atoms with Crippen molar-refractivity contribution in [2.24, 2.45) is 11.8 Å². The Morgan fingerprint density at radius 2 is 0.845 bits per heavy atom. The summed E-state index contributed by atoms with van der Waals surface area (Å²) >= 11 is 0. The molecule has 0 aliphatic carbocycles. The average molecular weight is 811 g/mol. The summed E-state index contributed by atoms with van der Waals surface area (Å²) in [4.78, 5) is 0. The van der Waals surface area contributed by atoms with Crippen LogP contribution in [-0.4, -0.2) is 112 Å². The number of fused-ring (bicyclic) bond motifs is 1. The zero-order valence-electron chi connectivity index (χ0n) is 33.0. The van der Waals surface area contributed by atoms with Crippen LogP contribution in [0.25, 0.3) is 0 Å². The van der Waals surface area contributed by atoms with Gasteiger partial charge in [0.05, 0.1) is 92.4 Å². The zero-order chi connectivity index (χ0) is 41.7. The molecule has 4 aromatic carbocycles. The normalized spacial score (nSPS) is 20.7. The maximum atomic E-state index is 11.1. The Balaban J connectivity index is 1.23. The second kappa shape index (κ2) is 18.5. The molecule has 2 fully saturated rings. The van der Waals surface area contributed by atoms with Crippen molar-refractivity contribution in [2.75, 3.05) is 69.1 Å². The predicted molar refractivity (Wildman–Crippen MR) is 206 cm³/mol. The molecule has 16 heteroatoms. The maximum Gasteiger partial charge on any atom is 0.160 e. The first-order valence-electron chi connectivity index (χ1n) is 18.4. The van der Waals surface area contributed by atoms with E-state index in [0.717, 1.165) is 0 Å². The summed E-state index contributed by atoms with van der Waals surface area (Å²) in [6, 6.07) is 15.2. The molecule has 8 atom stereocenters. The fraction of sp³-hybridized carbons (Fsp3) is 0.429. The van der Waals surface area contributed by atoms with Crippen LogP contribution in [0.4, 0.5) is 0 Å². The highest BCUT2D eigenvalue weighted by Gasteiger charge is 2.51. The first-order valence-corrected chi connectivity index (χ1v) is 18.4. The Morgan fingerprint density at radius 1 is 0.517 bits per heavy atom. The van der Waals surface area contributed by atoms with E-state index in [4.69, 9.17) is 47.4 Å². The third-order valence-corrected chi connectivity index (χ3v) is 10.6. The second-order valence-electron chi connectivity index (χ2n) is 13.7. The summed E-state index contributed by atoms with van der Waals surface area (Å²) in [6.07, 6.45) is -5.82. The topological polar surface area (TPSA) is 214 Å². The van der Waals surface area contributed by atoms with Crippen LogP contribution in [0, 0.1) is 11.8 Å². The Morgan fingerprint density at radius 3 is 1.14 bits per heavy atom. The van der Waals surface area contributed by atoms with Gasteiger partial charge in [-0.15, -0.1) is 0 Å². The van der Waals surface area contributed by atoms with Crippen LogP contribution in [0.1, 0.15) is 46.7 Å². The lowest BCUT2D eigenvalue weighted by atomic mass is 9.84. The van der Waals surface area contributed by atoms with Gasteiger partial charge in [0.25, 0.3) is 0 Å². The molecule has 0 bridgehead atoms. The second-order valence-corrected chi connectivity index (χ2v) is 13.7. The van der Waals surface area contributed by atoms with Gasteiger partial charge in [-0.25, -0.2) is 0 Å². The number of hydrogen-bond acceptors (Lipinski definition) is 16. The van der Waals surface area contributed by atoms with Gasteiger partial charge in [-0.05, 0) is 35.4 Å². The third-order valence-electron chi connectivity index (χ3n) is 10.6. The third kappa shape index (κ3) is 8.30. The van der Waals surface area contributed by atoms with Crippen molar-refractivity contribution in [3.8, 4) is 57.5 Å². The molecule has 2 saturated heterocycles. The van der Waals surface area contributed by atoms with E-state index in [0.29, 0.717) is 58.5 Å². The molecule has 0 amide bonds. The van der Waals surface area contributed by atoms with Crippen molar-refractivity contribution in [1.82, 2.24) is 0 Å². The van der Waals surface area contributed by atoms with E-state index in [1.54, 1.807) is 24.3 Å². The number of ether oxygens (including phenoxy) is 10. The fourth-order valence-electron chi connectivity index (χ4n) is 7.61. The summed E-state index contributed by atoms with van der Waals surface area (Å²) in [5.74, 6) is 1.87. The highest BCUT2D eigenvalue weighted by Crippen LogP contribution is 2.57. The Hall–Kier alpha value is -5.36. The van der Waals surface area contributed by atoms with Crippen molar-refractivity contribution >= 4 is 0 Å². The minimum atomic E-state index is -1.28. The fourth-order valence-corrected chi connectivity index (χ4v) is 7.61. The van der Waals surface area contributed by atoms with Crippen LogP contribution in [0.5, 0.6) is 57.5 Å². The molecule has 0 radical (unpaired) electrons. The largest absolute Gasteiger partial charge is 0.504 e. The summed E-state index contributed by atoms with van der Waals surface area (Å²) in [6.45, 7) is -0.466. The number of rotatable bonds is 18. The van der Waals surface area contributed by atoms with E-state index in [-0.39, 0.29) is 46.3 Å². The number of phenols is 2. The molecule has 2 aliphatic heterocycles. The van der Waals surface area contributed by atoms with Crippen molar-refractivity contribution in [1.29, 1.82) is 0 Å². The van der Waals surface area contributed by atoms with Gasteiger partial charge in [0.2, 0.25) is 0 Å². The van der Waals surface area contributed by atoms with Gasteiger partial charge in [0.15, 0.2) is 35.2 Å². The number of methoxy groups -OCH3 is 6. The maximum absolute atomic E-state index is 11.1. The summed E-state index contributed by atoms with van der Waals surface area (Å²) in [7, 11) is 8.81. The van der Waals surface area contributed by atoms with Crippen LogP contribution in [0.2, 0.25) is 0 Å². The molecule has 314 valence electrons. The van der Waals surface area contributed by atoms with Crippen LogP contribution in [0.15, 0.2) is 60.7 Å². The summed E-state index contributed by atoms with van der Waals surface area (Å²) < 4.78 is 58.8. The number of hydrogen-bond donors (Lipinski definition) is 6. The molecule has 0 spiro atoms. The number of phenolic OH excluding ortho intramolecular Hbond substituents is 2. The molecule has 6 N–H and O–H groups in total. The number of aliphatic hydroxyl groups is 4. The van der Waals surface area contributed by atoms with Gasteiger partial charge >= 0.3 is 0 Å². The van der Waals surface area contributed by atoms with Gasteiger partial charge in [-0.1, -0.05) is 12.1 Å². The highest BCUT2D eigenvalue weighted by atomic mass is 16.5. The van der Waals surface area contributed by atoms with Crippen molar-refractivity contribution in [3.05, 3.63) is 82.9 Å². The summed E-state index contributed by atoms with van der Waals surface area (Å²) in [5.41, 5.74) is 1.98. The molecule has 0 aromatic heterocycles. The molecule has 0 saturated carbocycles. The molecule has 2 heterocycles. The molecule has 58 heavy (non-hydrogen) atoms. The number of aliphatic hydroxyl groups excluding tert-OH is 4. The molecular formula is C42H50O16. The molecule has 16 nitrogen and oxygen atoms in total. The van der Waals surface area contributed by atoms with E-state index in [1.165, 1.54) is 79.1 Å². The van der Waals surface area contributed by atoms with E-state index in [2.05, 4.69) is 0 Å². The highest BCUT2D eigenvalue weighted by molar-refractivity contribution is 5.55. The molecule has 0 unspecified atom stereocenters. The Kier molecular flexibility index (Phi) is 13.5. The minimum absolute atomic E-state index is 0.0963. The van der Waals surface area contributed by atoms with E-state index < -0.39 is 49.8 Å². The van der Waals surface area contributed by atoms with Crippen LogP contribution >= 0.6 is 0 Å². The first kappa shape index (κ1) is 42.3. The lowest BCUT2D eigenvalue weighted by molar-refractivity contribution is 0.00000900. The van der Waals surface area contributed by atoms with E-state index >= 15 is 0 Å². The number of benzene rings is 4. The monoisotopic (exact) mass is 810 g/mol. The SMILES string of the molecule is COc1cc([C@@H](O)[C@H](CO)Oc2cc(OC)c([C@@H]3OC[C@@H]4[C@H]3CO[C@H]4c3c(OC)cc(O[C@@H](CO)[C@@H](O)c4ccc(O)c(OC)c4)cc3OC)c(OC)c2)ccc1O. The van der Waals surface area contributed by atoms with Gasteiger partial charge in [0, 0.05) is 36.1 Å². The van der Waals surface area contributed by atoms with Crippen molar-refractivity contribution < 1.29 is 78.0 Å². The van der Waals surface area contributed by atoms with Crippen molar-refractivity contribution in [3.63, 3.8) is 0 Å². The Labute approximate surface area is 335 Å².